The van der Waals surface area contributed by atoms with Gasteiger partial charge in [-0.1, -0.05) is 23.7 Å². The molecule has 7 nitrogen and oxygen atoms in total. The van der Waals surface area contributed by atoms with Gasteiger partial charge in [0, 0.05) is 22.8 Å². The van der Waals surface area contributed by atoms with Gasteiger partial charge in [0.2, 0.25) is 5.91 Å². The van der Waals surface area contributed by atoms with Crippen LogP contribution in [0.1, 0.15) is 30.6 Å². The van der Waals surface area contributed by atoms with Gasteiger partial charge in [-0.2, -0.15) is 0 Å². The highest BCUT2D eigenvalue weighted by Crippen LogP contribution is 2.15. The average molecular weight is 386 g/mol. The second kappa shape index (κ2) is 8.18. The molecule has 2 amide bonds. The maximum Gasteiger partial charge on any atom is 0.251 e. The Morgan fingerprint density at radius 1 is 1.19 bits per heavy atom. The minimum absolute atomic E-state index is 0.319. The Labute approximate surface area is 161 Å². The highest BCUT2D eigenvalue weighted by molar-refractivity contribution is 6.30. The lowest BCUT2D eigenvalue weighted by atomic mass is 10.1. The molecule has 27 heavy (non-hydrogen) atoms. The van der Waals surface area contributed by atoms with E-state index in [1.165, 1.54) is 0 Å². The number of aryl methyl sites for hydroxylation is 1. The second-order valence-corrected chi connectivity index (χ2v) is 6.64. The normalized spacial score (nSPS) is 12.0. The molecule has 3 rings (SSSR count). The van der Waals surface area contributed by atoms with Crippen LogP contribution in [0, 0.1) is 0 Å². The Morgan fingerprint density at radius 3 is 2.63 bits per heavy atom. The summed E-state index contributed by atoms with van der Waals surface area (Å²) in [5.74, 6) is -0.665. The third-order valence-corrected chi connectivity index (χ3v) is 4.32. The number of aromatic nitrogens is 3. The molecule has 0 bridgehead atoms. The molecule has 0 saturated heterocycles. The van der Waals surface area contributed by atoms with Crippen LogP contribution >= 0.6 is 11.6 Å². The van der Waals surface area contributed by atoms with Crippen molar-refractivity contribution in [1.29, 1.82) is 0 Å². The van der Waals surface area contributed by atoms with E-state index in [4.69, 9.17) is 11.6 Å². The summed E-state index contributed by atoms with van der Waals surface area (Å²) in [4.78, 5) is 24.7. The zero-order valence-corrected chi connectivity index (χ0v) is 15.8. The fourth-order valence-corrected chi connectivity index (χ4v) is 2.75. The fraction of sp³-hybridized carbons (Fsp3) is 0.263. The van der Waals surface area contributed by atoms with Gasteiger partial charge in [0.05, 0.1) is 5.52 Å². The van der Waals surface area contributed by atoms with E-state index in [2.05, 4.69) is 27.9 Å². The maximum absolute atomic E-state index is 12.5. The highest BCUT2D eigenvalue weighted by atomic mass is 35.5. The topological polar surface area (TPSA) is 88.9 Å². The van der Waals surface area contributed by atoms with Gasteiger partial charge in [0.1, 0.15) is 11.6 Å². The van der Waals surface area contributed by atoms with Crippen LogP contribution < -0.4 is 10.6 Å². The summed E-state index contributed by atoms with van der Waals surface area (Å²) in [5.41, 5.74) is 2.56. The molecule has 0 saturated carbocycles. The standard InChI is InChI=1S/C19H20ClN5O2/c1-3-10-25-17-9-4-13(11-16(17)23-24-25)19(27)21-12(2)18(26)22-15-7-5-14(20)6-8-15/h4-9,11-12H,3,10H2,1-2H3,(H,21,27)(H,22,26). The van der Waals surface area contributed by atoms with Crippen molar-refractivity contribution in [3.8, 4) is 0 Å². The van der Waals surface area contributed by atoms with E-state index in [-0.39, 0.29) is 11.8 Å². The molecule has 140 valence electrons. The molecule has 1 heterocycles. The summed E-state index contributed by atoms with van der Waals surface area (Å²) in [6, 6.07) is 11.2. The second-order valence-electron chi connectivity index (χ2n) is 6.21. The molecule has 0 aliphatic rings. The summed E-state index contributed by atoms with van der Waals surface area (Å²) in [6.07, 6.45) is 0.945. The first kappa shape index (κ1) is 18.8. The first-order valence-corrected chi connectivity index (χ1v) is 9.06. The van der Waals surface area contributed by atoms with E-state index in [1.54, 1.807) is 48.0 Å². The van der Waals surface area contributed by atoms with E-state index in [0.29, 0.717) is 21.8 Å². The number of nitrogens with zero attached hydrogens (tertiary/aromatic N) is 3. The number of nitrogens with one attached hydrogen (secondary N) is 2. The van der Waals surface area contributed by atoms with E-state index >= 15 is 0 Å². The molecule has 8 heteroatoms. The Kier molecular flexibility index (Phi) is 5.71. The molecule has 1 aromatic heterocycles. The van der Waals surface area contributed by atoms with Crippen LogP contribution in [-0.4, -0.2) is 32.9 Å². The van der Waals surface area contributed by atoms with Gasteiger partial charge < -0.3 is 10.6 Å². The van der Waals surface area contributed by atoms with E-state index in [0.717, 1.165) is 18.5 Å². The SMILES string of the molecule is CCCn1nnc2cc(C(=O)NC(C)C(=O)Nc3ccc(Cl)cc3)ccc21. The van der Waals surface area contributed by atoms with Gasteiger partial charge in [-0.3, -0.25) is 9.59 Å². The lowest BCUT2D eigenvalue weighted by Crippen LogP contribution is -2.41. The fourth-order valence-electron chi connectivity index (χ4n) is 2.62. The number of fused-ring (bicyclic) bond motifs is 1. The monoisotopic (exact) mass is 385 g/mol. The smallest absolute Gasteiger partial charge is 0.251 e. The van der Waals surface area contributed by atoms with Crippen molar-refractivity contribution in [3.63, 3.8) is 0 Å². The predicted molar refractivity (Wildman–Crippen MR) is 105 cm³/mol. The quantitative estimate of drug-likeness (QED) is 0.681. The third kappa shape index (κ3) is 4.43. The maximum atomic E-state index is 12.5. The summed E-state index contributed by atoms with van der Waals surface area (Å²) >= 11 is 5.83. The van der Waals surface area contributed by atoms with E-state index in [9.17, 15) is 9.59 Å². The average Bonchev–Trinajstić information content (AvgIpc) is 3.06. The number of rotatable bonds is 6. The number of amides is 2. The lowest BCUT2D eigenvalue weighted by molar-refractivity contribution is -0.117. The molecule has 2 aromatic carbocycles. The van der Waals surface area contributed by atoms with Crippen LogP contribution in [0.4, 0.5) is 5.69 Å². The van der Waals surface area contributed by atoms with Crippen molar-refractivity contribution >= 4 is 40.1 Å². The molecule has 2 N–H and O–H groups in total. The number of carbonyl (C=O) groups is 2. The van der Waals surface area contributed by atoms with Crippen molar-refractivity contribution < 1.29 is 9.59 Å². The molecule has 1 unspecified atom stereocenters. The van der Waals surface area contributed by atoms with Crippen molar-refractivity contribution in [2.75, 3.05) is 5.32 Å². The van der Waals surface area contributed by atoms with Gasteiger partial charge in [0.15, 0.2) is 0 Å². The minimum Gasteiger partial charge on any atom is -0.341 e. The predicted octanol–water partition coefficient (Wildman–Crippen LogP) is 3.25. The minimum atomic E-state index is -0.709. The highest BCUT2D eigenvalue weighted by Gasteiger charge is 2.17. The van der Waals surface area contributed by atoms with Crippen molar-refractivity contribution in [3.05, 3.63) is 53.1 Å². The van der Waals surface area contributed by atoms with Crippen molar-refractivity contribution in [2.45, 2.75) is 32.9 Å². The Hall–Kier alpha value is -2.93. The number of carbonyl (C=O) groups excluding carboxylic acids is 2. The van der Waals surface area contributed by atoms with Gasteiger partial charge in [-0.05, 0) is 55.8 Å². The van der Waals surface area contributed by atoms with Crippen LogP contribution in [0.2, 0.25) is 5.02 Å². The molecule has 0 spiro atoms. The number of hydrogen-bond donors (Lipinski definition) is 2. The number of hydrogen-bond acceptors (Lipinski definition) is 4. The molecule has 1 atom stereocenters. The van der Waals surface area contributed by atoms with Crippen LogP contribution in [0.3, 0.4) is 0 Å². The Balaban J connectivity index is 1.66. The van der Waals surface area contributed by atoms with Gasteiger partial charge >= 0.3 is 0 Å². The lowest BCUT2D eigenvalue weighted by Gasteiger charge is -2.14. The molecule has 0 radical (unpaired) electrons. The number of benzene rings is 2. The van der Waals surface area contributed by atoms with Crippen molar-refractivity contribution in [2.24, 2.45) is 0 Å². The molecule has 0 fully saturated rings. The van der Waals surface area contributed by atoms with Crippen LogP contribution in [0.5, 0.6) is 0 Å². The molecular formula is C19H20ClN5O2. The number of halogens is 1. The van der Waals surface area contributed by atoms with Crippen molar-refractivity contribution in [1.82, 2.24) is 20.3 Å². The van der Waals surface area contributed by atoms with E-state index < -0.39 is 6.04 Å². The first-order chi connectivity index (χ1) is 13.0. The summed E-state index contributed by atoms with van der Waals surface area (Å²) < 4.78 is 1.80. The Morgan fingerprint density at radius 2 is 1.93 bits per heavy atom. The largest absolute Gasteiger partial charge is 0.341 e. The van der Waals surface area contributed by atoms with Gasteiger partial charge in [-0.15, -0.1) is 5.10 Å². The van der Waals surface area contributed by atoms with Gasteiger partial charge in [-0.25, -0.2) is 4.68 Å². The number of anilines is 1. The third-order valence-electron chi connectivity index (χ3n) is 4.06. The first-order valence-electron chi connectivity index (χ1n) is 8.68. The molecule has 3 aromatic rings. The van der Waals surface area contributed by atoms with Crippen LogP contribution in [-0.2, 0) is 11.3 Å². The van der Waals surface area contributed by atoms with Gasteiger partial charge in [0.25, 0.3) is 5.91 Å². The Bertz CT molecular complexity index is 968. The summed E-state index contributed by atoms with van der Waals surface area (Å²) in [6.45, 7) is 4.45. The molecular weight excluding hydrogens is 366 g/mol. The molecule has 0 aliphatic heterocycles. The van der Waals surface area contributed by atoms with Crippen LogP contribution in [0.15, 0.2) is 42.5 Å². The zero-order chi connectivity index (χ0) is 19.4. The van der Waals surface area contributed by atoms with E-state index in [1.807, 2.05) is 6.07 Å². The summed E-state index contributed by atoms with van der Waals surface area (Å²) in [5, 5.41) is 14.2. The molecule has 0 aliphatic carbocycles. The summed E-state index contributed by atoms with van der Waals surface area (Å²) in [7, 11) is 0. The van der Waals surface area contributed by atoms with Crippen LogP contribution in [0.25, 0.3) is 11.0 Å². The zero-order valence-electron chi connectivity index (χ0n) is 15.1.